The van der Waals surface area contributed by atoms with Crippen molar-refractivity contribution in [1.29, 1.82) is 0 Å². The Morgan fingerprint density at radius 2 is 1.58 bits per heavy atom. The molecule has 10 atom stereocenters. The maximum absolute atomic E-state index is 11.5. The fraction of sp³-hybridized carbons (Fsp3) is 0.920. The first kappa shape index (κ1) is 27.9. The topological polar surface area (TPSA) is 115 Å². The number of carboxylic acid groups (broad SMARTS) is 2. The number of hydrogen-bond acceptors (Lipinski definition) is 4. The van der Waals surface area contributed by atoms with Crippen LogP contribution in [0.15, 0.2) is 0 Å². The lowest BCUT2D eigenvalue weighted by atomic mass is 9.43. The van der Waals surface area contributed by atoms with Gasteiger partial charge in [-0.05, 0) is 104 Å². The highest BCUT2D eigenvalue weighted by atomic mass is 128. The summed E-state index contributed by atoms with van der Waals surface area (Å²) in [4.78, 5) is 22.9. The number of carboxylic acids is 2. The van der Waals surface area contributed by atoms with E-state index < -0.39 is 24.0 Å². The zero-order chi connectivity index (χ0) is 24.7. The molecule has 4 N–H and O–H groups in total. The van der Waals surface area contributed by atoms with E-state index in [1.54, 1.807) is 0 Å². The zero-order valence-corrected chi connectivity index (χ0v) is 24.2. The highest BCUT2D eigenvalue weighted by Gasteiger charge is 2.63. The molecule has 6 nitrogen and oxygen atoms in total. The van der Waals surface area contributed by atoms with Crippen molar-refractivity contribution in [3.8, 4) is 0 Å². The van der Waals surface area contributed by atoms with Gasteiger partial charge in [-0.15, -0.1) is 0 Å². The van der Waals surface area contributed by atoms with Crippen molar-refractivity contribution < 1.29 is 30.0 Å². The third kappa shape index (κ3) is 4.84. The van der Waals surface area contributed by atoms with Gasteiger partial charge in [0.1, 0.15) is 0 Å². The van der Waals surface area contributed by atoms with Crippen LogP contribution in [-0.4, -0.2) is 44.6 Å². The Hall–Kier alpha value is 0.320. The fourth-order valence-electron chi connectivity index (χ4n) is 9.00. The van der Waals surface area contributed by atoms with Gasteiger partial charge in [0.25, 0.3) is 0 Å². The van der Waals surface area contributed by atoms with Crippen LogP contribution >= 0.6 is 37.2 Å². The first-order chi connectivity index (χ1) is 15.5. The molecule has 0 aromatic rings. The Kier molecular flexibility index (Phi) is 9.08. The first-order valence-electron chi connectivity index (χ1n) is 12.5. The normalized spacial score (nSPS) is 45.2. The average molecular weight is 690 g/mol. The summed E-state index contributed by atoms with van der Waals surface area (Å²) in [6.07, 6.45) is 7.35. The second kappa shape index (κ2) is 10.7. The number of rotatable bonds is 5. The third-order valence-corrected chi connectivity index (χ3v) is 10.7. The van der Waals surface area contributed by atoms with Crippen molar-refractivity contribution in [3.63, 3.8) is 0 Å². The van der Waals surface area contributed by atoms with E-state index in [4.69, 9.17) is 0 Å². The molecule has 4 rings (SSSR count). The lowest BCUT2D eigenvalue weighted by Crippen LogP contribution is -2.58. The van der Waals surface area contributed by atoms with Crippen LogP contribution in [0.5, 0.6) is 0 Å². The first-order valence-corrected chi connectivity index (χ1v) is 18.7. The summed E-state index contributed by atoms with van der Waals surface area (Å²) in [5, 5.41) is 40.4. The number of aliphatic hydroxyl groups is 2. The second-order valence-corrected chi connectivity index (χ2v) is 11.8. The zero-order valence-electron chi connectivity index (χ0n) is 19.9. The van der Waals surface area contributed by atoms with Crippen LogP contribution in [0, 0.1) is 52.3 Å². The van der Waals surface area contributed by atoms with Gasteiger partial charge >= 0.3 is 11.9 Å². The quantitative estimate of drug-likeness (QED) is 0.222. The molecular weight excluding hydrogens is 650 g/mol. The van der Waals surface area contributed by atoms with E-state index in [0.717, 1.165) is 51.4 Å². The van der Waals surface area contributed by atoms with E-state index in [9.17, 15) is 30.0 Å². The van der Waals surface area contributed by atoms with Crippen molar-refractivity contribution in [2.45, 2.75) is 90.8 Å². The van der Waals surface area contributed by atoms with Crippen molar-refractivity contribution in [1.82, 2.24) is 0 Å². The molecule has 0 aromatic carbocycles. The van der Waals surface area contributed by atoms with Gasteiger partial charge in [0.15, 0.2) is 5.92 Å². The van der Waals surface area contributed by atoms with Crippen LogP contribution in [0.25, 0.3) is 0 Å². The number of aliphatic carboxylic acids is 2. The maximum atomic E-state index is 11.5. The molecule has 3 unspecified atom stereocenters. The summed E-state index contributed by atoms with van der Waals surface area (Å²) >= 11 is 4.24. The number of hydrogen-bond donors (Lipinski definition) is 4. The Bertz CT molecular complexity index is 720. The van der Waals surface area contributed by atoms with E-state index in [1.807, 2.05) is 6.92 Å². The van der Waals surface area contributed by atoms with E-state index in [1.165, 1.54) is 0 Å². The van der Waals surface area contributed by atoms with E-state index in [2.05, 4.69) is 51.1 Å². The molecule has 33 heavy (non-hydrogen) atoms. The van der Waals surface area contributed by atoms with Crippen molar-refractivity contribution in [2.24, 2.45) is 52.3 Å². The van der Waals surface area contributed by atoms with Gasteiger partial charge in [0.05, 0.1) is 12.2 Å². The van der Waals surface area contributed by atoms with Crippen LogP contribution in [0.2, 0.25) is 0 Å². The van der Waals surface area contributed by atoms with Crippen LogP contribution < -0.4 is 0 Å². The van der Waals surface area contributed by atoms with Gasteiger partial charge in [-0.3, -0.25) is 9.59 Å². The molecule has 0 heterocycles. The Labute approximate surface area is 221 Å². The molecule has 0 amide bonds. The molecule has 0 aliphatic heterocycles. The minimum atomic E-state index is -1.38. The van der Waals surface area contributed by atoms with Gasteiger partial charge in [0, 0.05) is 37.2 Å². The second-order valence-electron chi connectivity index (χ2n) is 11.8. The van der Waals surface area contributed by atoms with Gasteiger partial charge < -0.3 is 20.4 Å². The SMILES string of the molecule is C[C@H](CC(C(=O)O)C(=O)O)[C@H]1CCC2C3CC[C@@H]4C[C@H](O)CC[C@]4(C)C3C[C@H](O)[C@@]21C.II. The molecule has 0 saturated heterocycles. The van der Waals surface area contributed by atoms with Gasteiger partial charge in [-0.1, -0.05) is 20.8 Å². The predicted octanol–water partition coefficient (Wildman–Crippen LogP) is 5.56. The van der Waals surface area contributed by atoms with Gasteiger partial charge in [-0.2, -0.15) is 0 Å². The number of aliphatic hydroxyl groups excluding tert-OH is 2. The molecule has 4 fully saturated rings. The summed E-state index contributed by atoms with van der Waals surface area (Å²) in [7, 11) is 0. The fourth-order valence-corrected chi connectivity index (χ4v) is 9.00. The van der Waals surface area contributed by atoms with Gasteiger partial charge in [-0.25, -0.2) is 0 Å². The molecule has 0 bridgehead atoms. The van der Waals surface area contributed by atoms with Crippen LogP contribution in [0.3, 0.4) is 0 Å². The molecule has 0 radical (unpaired) electrons. The lowest BCUT2D eigenvalue weighted by molar-refractivity contribution is -0.176. The summed E-state index contributed by atoms with van der Waals surface area (Å²) in [6, 6.07) is 0. The smallest absolute Gasteiger partial charge is 0.317 e. The molecular formula is C25H40I2O6. The Balaban J connectivity index is 0.00000149. The van der Waals surface area contributed by atoms with E-state index in [0.29, 0.717) is 23.7 Å². The molecule has 4 aliphatic carbocycles. The molecule has 4 aliphatic rings. The van der Waals surface area contributed by atoms with E-state index in [-0.39, 0.29) is 35.2 Å². The van der Waals surface area contributed by atoms with Gasteiger partial charge in [0.2, 0.25) is 0 Å². The van der Waals surface area contributed by atoms with Crippen molar-refractivity contribution in [3.05, 3.63) is 0 Å². The monoisotopic (exact) mass is 690 g/mol. The Morgan fingerprint density at radius 1 is 0.939 bits per heavy atom. The lowest BCUT2D eigenvalue weighted by Gasteiger charge is -2.62. The van der Waals surface area contributed by atoms with Crippen LogP contribution in [0.1, 0.15) is 78.6 Å². The average Bonchev–Trinajstić information content (AvgIpc) is 3.13. The van der Waals surface area contributed by atoms with Crippen molar-refractivity contribution in [2.75, 3.05) is 0 Å². The summed E-state index contributed by atoms with van der Waals surface area (Å²) < 4.78 is 0. The molecule has 0 spiro atoms. The minimum Gasteiger partial charge on any atom is -0.481 e. The highest BCUT2D eigenvalue weighted by Crippen LogP contribution is 2.68. The maximum Gasteiger partial charge on any atom is 0.317 e. The largest absolute Gasteiger partial charge is 0.481 e. The van der Waals surface area contributed by atoms with Crippen molar-refractivity contribution >= 4 is 49.2 Å². The molecule has 4 saturated carbocycles. The number of fused-ring (bicyclic) bond motifs is 5. The van der Waals surface area contributed by atoms with Crippen LogP contribution in [-0.2, 0) is 9.59 Å². The van der Waals surface area contributed by atoms with Crippen LogP contribution in [0.4, 0.5) is 0 Å². The summed E-state index contributed by atoms with van der Waals surface area (Å²) in [5.41, 5.74) is -0.0919. The number of carbonyl (C=O) groups is 2. The predicted molar refractivity (Wildman–Crippen MR) is 143 cm³/mol. The standard InChI is InChI=1S/C25H40O6.I2/c1-13(10-17(22(28)29)23(30)31)18-6-7-19-16-5-4-14-11-15(26)8-9-24(14,2)20(16)12-21(27)25(18,19)3;1-2/h13-21,26-27H,4-12H2,1-3H3,(H,28,29)(H,30,31);/t13-,14-,15-,16?,18-,19?,20?,21+,24+,25-;/m1./s1. The summed E-state index contributed by atoms with van der Waals surface area (Å²) in [6.45, 7) is 6.58. The highest BCUT2D eigenvalue weighted by molar-refractivity contribution is 15.0. The molecule has 190 valence electrons. The third-order valence-electron chi connectivity index (χ3n) is 10.7. The minimum absolute atomic E-state index is 0.0600. The summed E-state index contributed by atoms with van der Waals surface area (Å²) in [5.74, 6) is -1.84. The number of halogens is 2. The van der Waals surface area contributed by atoms with E-state index >= 15 is 0 Å². The molecule has 8 heteroatoms. The Morgan fingerprint density at radius 3 is 2.18 bits per heavy atom. The molecule has 0 aromatic heterocycles.